The monoisotopic (exact) mass is 246 g/mol. The molecule has 96 valence electrons. The topological polar surface area (TPSA) is 44.0 Å². The smallest absolute Gasteiger partial charge is 0.138 e. The van der Waals surface area contributed by atoms with Crippen molar-refractivity contribution in [3.63, 3.8) is 0 Å². The Kier molecular flexibility index (Phi) is 3.17. The zero-order valence-corrected chi connectivity index (χ0v) is 10.4. The Bertz CT molecular complexity index is 516. The summed E-state index contributed by atoms with van der Waals surface area (Å²) >= 11 is 0. The van der Waals surface area contributed by atoms with Crippen LogP contribution in [0.3, 0.4) is 0 Å². The summed E-state index contributed by atoms with van der Waals surface area (Å²) in [5.74, 6) is 0. The van der Waals surface area contributed by atoms with Gasteiger partial charge >= 0.3 is 0 Å². The molecule has 1 fully saturated rings. The van der Waals surface area contributed by atoms with Gasteiger partial charge in [-0.05, 0) is 6.07 Å². The Balaban J connectivity index is 1.71. The minimum atomic E-state index is 0.250. The number of fused-ring (bicyclic) bond motifs is 1. The van der Waals surface area contributed by atoms with E-state index in [2.05, 4.69) is 33.1 Å². The van der Waals surface area contributed by atoms with Crippen molar-refractivity contribution in [3.8, 4) is 0 Å². The third kappa shape index (κ3) is 2.19. The highest BCUT2D eigenvalue weighted by Crippen LogP contribution is 2.17. The van der Waals surface area contributed by atoms with Crippen molar-refractivity contribution in [2.45, 2.75) is 0 Å². The van der Waals surface area contributed by atoms with Gasteiger partial charge in [-0.1, -0.05) is 0 Å². The van der Waals surface area contributed by atoms with Crippen molar-refractivity contribution in [1.82, 2.24) is 14.3 Å². The second-order valence-corrected chi connectivity index (χ2v) is 4.63. The van der Waals surface area contributed by atoms with Gasteiger partial charge in [-0.2, -0.15) is 0 Å². The van der Waals surface area contributed by atoms with Crippen LogP contribution in [0.1, 0.15) is 0 Å². The fourth-order valence-electron chi connectivity index (χ4n) is 2.47. The van der Waals surface area contributed by atoms with Crippen molar-refractivity contribution in [1.29, 1.82) is 0 Å². The van der Waals surface area contributed by atoms with Crippen molar-refractivity contribution in [2.75, 3.05) is 44.2 Å². The Labute approximate surface area is 106 Å². The minimum Gasteiger partial charge on any atom is -0.395 e. The number of rotatable bonds is 3. The molecule has 0 atom stereocenters. The molecule has 0 amide bonds. The first-order chi connectivity index (χ1) is 8.86. The number of aromatic nitrogens is 2. The van der Waals surface area contributed by atoms with E-state index in [1.54, 1.807) is 0 Å². The molecule has 0 unspecified atom stereocenters. The Hall–Kier alpha value is -1.59. The van der Waals surface area contributed by atoms with Crippen molar-refractivity contribution >= 4 is 11.3 Å². The van der Waals surface area contributed by atoms with E-state index < -0.39 is 0 Å². The summed E-state index contributed by atoms with van der Waals surface area (Å²) in [5.41, 5.74) is 2.22. The van der Waals surface area contributed by atoms with Crippen LogP contribution in [0.5, 0.6) is 0 Å². The average molecular weight is 246 g/mol. The van der Waals surface area contributed by atoms with Crippen molar-refractivity contribution in [2.24, 2.45) is 0 Å². The molecule has 1 aliphatic rings. The number of imidazole rings is 1. The van der Waals surface area contributed by atoms with E-state index in [1.165, 1.54) is 5.69 Å². The Morgan fingerprint density at radius 3 is 2.78 bits per heavy atom. The van der Waals surface area contributed by atoms with Gasteiger partial charge in [0, 0.05) is 63.1 Å². The van der Waals surface area contributed by atoms with Gasteiger partial charge in [-0.15, -0.1) is 0 Å². The second kappa shape index (κ2) is 4.96. The molecule has 0 bridgehead atoms. The zero-order chi connectivity index (χ0) is 12.4. The van der Waals surface area contributed by atoms with Gasteiger partial charge in [0.2, 0.25) is 0 Å². The quantitative estimate of drug-likeness (QED) is 0.854. The summed E-state index contributed by atoms with van der Waals surface area (Å²) in [6.45, 7) is 5.08. The SMILES string of the molecule is OCCN1CCN(c2ccn3ccnc3c2)CC1. The number of aliphatic hydroxyl groups is 1. The van der Waals surface area contributed by atoms with Gasteiger partial charge in [0.15, 0.2) is 0 Å². The first-order valence-corrected chi connectivity index (χ1v) is 6.38. The number of piperazine rings is 1. The molecule has 1 N–H and O–H groups in total. The number of anilines is 1. The Morgan fingerprint density at radius 2 is 2.00 bits per heavy atom. The largest absolute Gasteiger partial charge is 0.395 e. The van der Waals surface area contributed by atoms with E-state index >= 15 is 0 Å². The van der Waals surface area contributed by atoms with E-state index in [0.717, 1.165) is 38.4 Å². The maximum atomic E-state index is 8.93. The Morgan fingerprint density at radius 1 is 1.17 bits per heavy atom. The second-order valence-electron chi connectivity index (χ2n) is 4.63. The van der Waals surface area contributed by atoms with Crippen molar-refractivity contribution < 1.29 is 5.11 Å². The molecule has 3 rings (SSSR count). The lowest BCUT2D eigenvalue weighted by Crippen LogP contribution is -2.47. The predicted octanol–water partition coefficient (Wildman–Crippen LogP) is 0.449. The van der Waals surface area contributed by atoms with Crippen LogP contribution in [-0.4, -0.2) is 58.7 Å². The van der Waals surface area contributed by atoms with Gasteiger partial charge < -0.3 is 14.4 Å². The summed E-state index contributed by atoms with van der Waals surface area (Å²) in [6, 6.07) is 4.26. The van der Waals surface area contributed by atoms with Crippen LogP contribution < -0.4 is 4.90 Å². The highest BCUT2D eigenvalue weighted by Gasteiger charge is 2.16. The molecule has 0 aliphatic carbocycles. The number of nitrogens with zero attached hydrogens (tertiary/aromatic N) is 4. The van der Waals surface area contributed by atoms with E-state index in [9.17, 15) is 0 Å². The van der Waals surface area contributed by atoms with E-state index in [1.807, 2.05) is 16.8 Å². The van der Waals surface area contributed by atoms with Crippen LogP contribution in [0.2, 0.25) is 0 Å². The highest BCUT2D eigenvalue weighted by atomic mass is 16.3. The summed E-state index contributed by atoms with van der Waals surface area (Å²) in [4.78, 5) is 8.99. The highest BCUT2D eigenvalue weighted by molar-refractivity contribution is 5.56. The zero-order valence-electron chi connectivity index (χ0n) is 10.4. The first-order valence-electron chi connectivity index (χ1n) is 6.38. The molecule has 1 saturated heterocycles. The number of β-amino-alcohol motifs (C(OH)–C–C–N with tert-alkyl or cyclic N) is 1. The van der Waals surface area contributed by atoms with E-state index in [4.69, 9.17) is 5.11 Å². The van der Waals surface area contributed by atoms with Gasteiger partial charge in [-0.25, -0.2) is 4.98 Å². The predicted molar refractivity (Wildman–Crippen MR) is 70.9 cm³/mol. The maximum Gasteiger partial charge on any atom is 0.138 e. The minimum absolute atomic E-state index is 0.250. The normalized spacial score (nSPS) is 17.5. The average Bonchev–Trinajstić information content (AvgIpc) is 2.87. The van der Waals surface area contributed by atoms with E-state index in [-0.39, 0.29) is 6.61 Å². The maximum absolute atomic E-state index is 8.93. The molecule has 0 radical (unpaired) electrons. The van der Waals surface area contributed by atoms with Gasteiger partial charge in [0.25, 0.3) is 0 Å². The first kappa shape index (κ1) is 11.5. The van der Waals surface area contributed by atoms with Crippen LogP contribution in [0.25, 0.3) is 5.65 Å². The fourth-order valence-corrected chi connectivity index (χ4v) is 2.47. The number of hydrogen-bond donors (Lipinski definition) is 1. The molecule has 0 saturated carbocycles. The van der Waals surface area contributed by atoms with Gasteiger partial charge in [0.05, 0.1) is 6.61 Å². The van der Waals surface area contributed by atoms with Crippen LogP contribution in [0.15, 0.2) is 30.7 Å². The molecule has 2 aromatic heterocycles. The molecule has 2 aromatic rings. The third-order valence-corrected chi connectivity index (χ3v) is 3.54. The molecule has 18 heavy (non-hydrogen) atoms. The molecule has 3 heterocycles. The number of aliphatic hydroxyl groups excluding tert-OH is 1. The lowest BCUT2D eigenvalue weighted by atomic mass is 10.2. The van der Waals surface area contributed by atoms with Crippen LogP contribution in [0.4, 0.5) is 5.69 Å². The summed E-state index contributed by atoms with van der Waals surface area (Å²) in [5, 5.41) is 8.93. The van der Waals surface area contributed by atoms with Crippen LogP contribution >= 0.6 is 0 Å². The van der Waals surface area contributed by atoms with Crippen molar-refractivity contribution in [3.05, 3.63) is 30.7 Å². The number of hydrogen-bond acceptors (Lipinski definition) is 4. The standard InChI is InChI=1S/C13H18N4O/c18-10-9-15-5-7-16(8-6-15)12-1-3-17-4-2-14-13(17)11-12/h1-4,11,18H,5-10H2. The lowest BCUT2D eigenvalue weighted by Gasteiger charge is -2.35. The van der Waals surface area contributed by atoms with Gasteiger partial charge in [-0.3, -0.25) is 4.90 Å². The molecule has 5 heteroatoms. The molecular formula is C13H18N4O. The summed E-state index contributed by atoms with van der Waals surface area (Å²) < 4.78 is 2.02. The lowest BCUT2D eigenvalue weighted by molar-refractivity contribution is 0.189. The summed E-state index contributed by atoms with van der Waals surface area (Å²) in [6.07, 6.45) is 5.83. The number of pyridine rings is 1. The van der Waals surface area contributed by atoms with Crippen LogP contribution in [-0.2, 0) is 0 Å². The molecular weight excluding hydrogens is 228 g/mol. The van der Waals surface area contributed by atoms with Crippen LogP contribution in [0, 0.1) is 0 Å². The fraction of sp³-hybridized carbons (Fsp3) is 0.462. The molecule has 1 aliphatic heterocycles. The van der Waals surface area contributed by atoms with E-state index in [0.29, 0.717) is 0 Å². The summed E-state index contributed by atoms with van der Waals surface area (Å²) in [7, 11) is 0. The molecule has 0 aromatic carbocycles. The molecule has 5 nitrogen and oxygen atoms in total. The molecule has 0 spiro atoms. The van der Waals surface area contributed by atoms with Gasteiger partial charge in [0.1, 0.15) is 5.65 Å². The third-order valence-electron chi connectivity index (χ3n) is 3.54.